The third-order valence-electron chi connectivity index (χ3n) is 6.44. The van der Waals surface area contributed by atoms with Crippen molar-refractivity contribution in [2.45, 2.75) is 39.3 Å². The molecule has 5 nitrogen and oxygen atoms in total. The number of carbonyl (C=O) groups is 1. The molecular weight excluding hydrogens is 360 g/mol. The lowest BCUT2D eigenvalue weighted by Crippen LogP contribution is -2.44. The molecule has 0 aliphatic carbocycles. The average molecular weight is 393 g/mol. The van der Waals surface area contributed by atoms with Crippen LogP contribution in [-0.4, -0.2) is 53.0 Å². The molecule has 2 unspecified atom stereocenters. The van der Waals surface area contributed by atoms with Crippen molar-refractivity contribution in [1.29, 1.82) is 0 Å². The zero-order valence-corrected chi connectivity index (χ0v) is 17.6. The number of benzene rings is 1. The highest BCUT2D eigenvalue weighted by atomic mass is 16.2. The summed E-state index contributed by atoms with van der Waals surface area (Å²) in [6.07, 6.45) is 5.94. The van der Waals surface area contributed by atoms with Gasteiger partial charge in [-0.1, -0.05) is 30.3 Å². The first-order chi connectivity index (χ1) is 14.0. The van der Waals surface area contributed by atoms with Crippen LogP contribution in [0.4, 0.5) is 4.79 Å². The number of likely N-dealkylation sites (tertiary alicyclic amines) is 2. The molecule has 154 valence electrons. The fourth-order valence-electron chi connectivity index (χ4n) is 5.05. The molecule has 0 spiro atoms. The minimum atomic E-state index is 0.0918. The van der Waals surface area contributed by atoms with Gasteiger partial charge in [0.1, 0.15) is 0 Å². The molecule has 2 aliphatic rings. The highest BCUT2D eigenvalue weighted by Gasteiger charge is 2.52. The molecular formula is C24H32N4O. The van der Waals surface area contributed by atoms with E-state index in [1.54, 1.807) is 0 Å². The van der Waals surface area contributed by atoms with E-state index in [1.165, 1.54) is 11.1 Å². The Morgan fingerprint density at radius 1 is 1.10 bits per heavy atom. The third kappa shape index (κ3) is 4.61. The van der Waals surface area contributed by atoms with Crippen molar-refractivity contribution < 1.29 is 4.79 Å². The van der Waals surface area contributed by atoms with Crippen LogP contribution in [0.2, 0.25) is 0 Å². The fourth-order valence-corrected chi connectivity index (χ4v) is 5.05. The molecule has 1 aromatic carbocycles. The molecule has 0 saturated carbocycles. The highest BCUT2D eigenvalue weighted by molar-refractivity contribution is 5.75. The van der Waals surface area contributed by atoms with Gasteiger partial charge in [-0.25, -0.2) is 4.79 Å². The van der Waals surface area contributed by atoms with Crippen molar-refractivity contribution in [3.63, 3.8) is 0 Å². The Morgan fingerprint density at radius 2 is 1.86 bits per heavy atom. The van der Waals surface area contributed by atoms with Crippen LogP contribution >= 0.6 is 0 Å². The summed E-state index contributed by atoms with van der Waals surface area (Å²) in [5.74, 6) is 0.533. The van der Waals surface area contributed by atoms with Crippen molar-refractivity contribution in [3.8, 4) is 0 Å². The van der Waals surface area contributed by atoms with Crippen LogP contribution in [0.1, 0.15) is 31.4 Å². The van der Waals surface area contributed by atoms with Crippen molar-refractivity contribution in [3.05, 3.63) is 66.0 Å². The first-order valence-electron chi connectivity index (χ1n) is 10.7. The van der Waals surface area contributed by atoms with Crippen molar-refractivity contribution >= 4 is 6.03 Å². The number of fused-ring (bicyclic) bond motifs is 1. The number of rotatable bonds is 6. The molecule has 1 N–H and O–H groups in total. The molecule has 5 heteroatoms. The molecule has 2 fully saturated rings. The van der Waals surface area contributed by atoms with Crippen LogP contribution in [0.5, 0.6) is 0 Å². The van der Waals surface area contributed by atoms with E-state index in [0.717, 1.165) is 45.6 Å². The number of aromatic nitrogens is 1. The largest absolute Gasteiger partial charge is 0.336 e. The summed E-state index contributed by atoms with van der Waals surface area (Å²) in [4.78, 5) is 21.4. The number of amides is 2. The summed E-state index contributed by atoms with van der Waals surface area (Å²) in [7, 11) is 0. The van der Waals surface area contributed by atoms with Gasteiger partial charge in [0.25, 0.3) is 0 Å². The number of nitrogens with one attached hydrogen (secondary N) is 1. The Bertz CT molecular complexity index is 810. The Labute approximate surface area is 174 Å². The monoisotopic (exact) mass is 392 g/mol. The van der Waals surface area contributed by atoms with Gasteiger partial charge in [0.05, 0.1) is 0 Å². The second-order valence-electron chi connectivity index (χ2n) is 9.05. The van der Waals surface area contributed by atoms with Crippen molar-refractivity contribution in [2.24, 2.45) is 11.3 Å². The second-order valence-corrected chi connectivity index (χ2v) is 9.05. The number of carbonyl (C=O) groups excluding carboxylic acids is 1. The predicted octanol–water partition coefficient (Wildman–Crippen LogP) is 3.57. The van der Waals surface area contributed by atoms with E-state index in [1.807, 2.05) is 26.2 Å². The number of hydrogen-bond acceptors (Lipinski definition) is 3. The van der Waals surface area contributed by atoms with Crippen LogP contribution in [0.25, 0.3) is 0 Å². The van der Waals surface area contributed by atoms with Gasteiger partial charge in [-0.15, -0.1) is 0 Å². The first-order valence-corrected chi connectivity index (χ1v) is 10.7. The Morgan fingerprint density at radius 3 is 2.59 bits per heavy atom. The first kappa shape index (κ1) is 19.9. The van der Waals surface area contributed by atoms with Crippen molar-refractivity contribution in [1.82, 2.24) is 20.1 Å². The molecule has 2 amide bonds. The average Bonchev–Trinajstić information content (AvgIpc) is 3.21. The molecule has 29 heavy (non-hydrogen) atoms. The van der Waals surface area contributed by atoms with E-state index in [9.17, 15) is 4.79 Å². The van der Waals surface area contributed by atoms with E-state index >= 15 is 0 Å². The van der Waals surface area contributed by atoms with Gasteiger partial charge in [0.2, 0.25) is 0 Å². The van der Waals surface area contributed by atoms with Gasteiger partial charge in [-0.2, -0.15) is 0 Å². The summed E-state index contributed by atoms with van der Waals surface area (Å²) in [6.45, 7) is 8.84. The van der Waals surface area contributed by atoms with Gasteiger partial charge in [0.15, 0.2) is 0 Å². The Balaban J connectivity index is 1.48. The van der Waals surface area contributed by atoms with Gasteiger partial charge >= 0.3 is 6.03 Å². The molecule has 0 radical (unpaired) electrons. The van der Waals surface area contributed by atoms with Crippen molar-refractivity contribution in [2.75, 3.05) is 26.2 Å². The summed E-state index contributed by atoms with van der Waals surface area (Å²) >= 11 is 0. The maximum Gasteiger partial charge on any atom is 0.317 e. The van der Waals surface area contributed by atoms with Crippen LogP contribution in [-0.2, 0) is 13.0 Å². The SMILES string of the molecule is CC(C)NC(=O)N1CC2CN(Cc3ccncc3)CC2(CCc2ccccc2)C1. The fraction of sp³-hybridized carbons (Fsp3) is 0.500. The number of hydrogen-bond donors (Lipinski definition) is 1. The molecule has 2 aliphatic heterocycles. The van der Waals surface area contributed by atoms with Gasteiger partial charge in [-0.3, -0.25) is 9.88 Å². The van der Waals surface area contributed by atoms with Crippen LogP contribution in [0, 0.1) is 11.3 Å². The van der Waals surface area contributed by atoms with Crippen LogP contribution in [0.3, 0.4) is 0 Å². The summed E-state index contributed by atoms with van der Waals surface area (Å²) < 4.78 is 0. The van der Waals surface area contributed by atoms with E-state index in [0.29, 0.717) is 5.92 Å². The summed E-state index contributed by atoms with van der Waals surface area (Å²) in [5, 5.41) is 3.08. The van der Waals surface area contributed by atoms with Gasteiger partial charge < -0.3 is 10.2 Å². The quantitative estimate of drug-likeness (QED) is 0.818. The molecule has 0 bridgehead atoms. The minimum absolute atomic E-state index is 0.0918. The number of nitrogens with zero attached hydrogens (tertiary/aromatic N) is 3. The normalized spacial score (nSPS) is 24.1. The predicted molar refractivity (Wildman–Crippen MR) is 115 cm³/mol. The summed E-state index contributed by atoms with van der Waals surface area (Å²) in [5.41, 5.74) is 2.88. The maximum absolute atomic E-state index is 12.7. The third-order valence-corrected chi connectivity index (χ3v) is 6.44. The number of pyridine rings is 1. The Hall–Kier alpha value is -2.40. The van der Waals surface area contributed by atoms with Crippen LogP contribution in [0.15, 0.2) is 54.9 Å². The smallest absolute Gasteiger partial charge is 0.317 e. The lowest BCUT2D eigenvalue weighted by Gasteiger charge is -2.30. The molecule has 2 atom stereocenters. The molecule has 2 saturated heterocycles. The maximum atomic E-state index is 12.7. The number of aryl methyl sites for hydroxylation is 1. The van der Waals surface area contributed by atoms with E-state index in [4.69, 9.17) is 0 Å². The minimum Gasteiger partial charge on any atom is -0.336 e. The lowest BCUT2D eigenvalue weighted by molar-refractivity contribution is 0.181. The molecule has 4 rings (SSSR count). The Kier molecular flexibility index (Phi) is 5.86. The molecule has 1 aromatic heterocycles. The van der Waals surface area contributed by atoms with E-state index in [-0.39, 0.29) is 17.5 Å². The highest BCUT2D eigenvalue weighted by Crippen LogP contribution is 2.46. The van der Waals surface area contributed by atoms with Crippen LogP contribution < -0.4 is 5.32 Å². The standard InChI is InChI=1S/C24H32N4O/c1-19(2)26-23(29)28-16-22-15-27(14-21-9-12-25-13-10-21)17-24(22,18-28)11-8-20-6-4-3-5-7-20/h3-7,9-10,12-13,19,22H,8,11,14-18H2,1-2H3,(H,26,29). The van der Waals surface area contributed by atoms with Gasteiger partial charge in [0, 0.05) is 56.6 Å². The second kappa shape index (κ2) is 8.54. The lowest BCUT2D eigenvalue weighted by atomic mass is 9.76. The number of urea groups is 1. The van der Waals surface area contributed by atoms with E-state index in [2.05, 4.69) is 62.6 Å². The van der Waals surface area contributed by atoms with Gasteiger partial charge in [-0.05, 0) is 55.9 Å². The van der Waals surface area contributed by atoms with E-state index < -0.39 is 0 Å². The molecule has 3 heterocycles. The molecule has 2 aromatic rings. The zero-order valence-electron chi connectivity index (χ0n) is 17.6. The zero-order chi connectivity index (χ0) is 20.3. The topological polar surface area (TPSA) is 48.5 Å². The summed E-state index contributed by atoms with van der Waals surface area (Å²) in [6, 6.07) is 15.2.